The summed E-state index contributed by atoms with van der Waals surface area (Å²) >= 11 is 0. The number of carbonyl (C=O) groups is 2. The zero-order valence-electron chi connectivity index (χ0n) is 16.0. The fourth-order valence-electron chi connectivity index (χ4n) is 3.51. The van der Waals surface area contributed by atoms with Gasteiger partial charge in [0.15, 0.2) is 17.3 Å². The van der Waals surface area contributed by atoms with Crippen LogP contribution in [0.2, 0.25) is 0 Å². The van der Waals surface area contributed by atoms with E-state index in [2.05, 4.69) is 5.10 Å². The van der Waals surface area contributed by atoms with Gasteiger partial charge in [0.2, 0.25) is 5.91 Å². The molecule has 1 aromatic carbocycles. The van der Waals surface area contributed by atoms with Crippen molar-refractivity contribution in [2.45, 2.75) is 46.3 Å². The zero-order chi connectivity index (χ0) is 19.7. The number of hydrogen-bond acceptors (Lipinski definition) is 4. The van der Waals surface area contributed by atoms with Crippen LogP contribution in [0.4, 0.5) is 4.39 Å². The topological polar surface area (TPSA) is 64.4 Å². The maximum Gasteiger partial charge on any atom is 0.224 e. The minimum absolute atomic E-state index is 0.00666. The van der Waals surface area contributed by atoms with Crippen molar-refractivity contribution in [2.75, 3.05) is 13.1 Å². The third-order valence-electron chi connectivity index (χ3n) is 4.90. The number of nitrogens with zero attached hydrogens (tertiary/aromatic N) is 3. The first-order chi connectivity index (χ1) is 12.8. The molecule has 0 radical (unpaired) electrons. The van der Waals surface area contributed by atoms with Crippen LogP contribution < -0.4 is 4.74 Å². The Kier molecular flexibility index (Phi) is 5.30. The average molecular weight is 373 g/mol. The summed E-state index contributed by atoms with van der Waals surface area (Å²) in [7, 11) is 0. The van der Waals surface area contributed by atoms with Gasteiger partial charge in [-0.25, -0.2) is 4.39 Å². The van der Waals surface area contributed by atoms with Crippen LogP contribution in [0.3, 0.4) is 0 Å². The lowest BCUT2D eigenvalue weighted by Gasteiger charge is -2.39. The van der Waals surface area contributed by atoms with Gasteiger partial charge in [-0.2, -0.15) is 5.10 Å². The van der Waals surface area contributed by atoms with Crippen molar-refractivity contribution in [3.8, 4) is 5.75 Å². The normalized spacial score (nSPS) is 15.4. The largest absolute Gasteiger partial charge is 0.484 e. The number of aryl methyl sites for hydroxylation is 1. The van der Waals surface area contributed by atoms with E-state index in [1.807, 2.05) is 13.8 Å². The summed E-state index contributed by atoms with van der Waals surface area (Å²) in [6.45, 7) is 7.96. The van der Waals surface area contributed by atoms with Gasteiger partial charge in [0, 0.05) is 12.1 Å². The highest BCUT2D eigenvalue weighted by atomic mass is 19.1. The zero-order valence-corrected chi connectivity index (χ0v) is 16.0. The molecule has 3 rings (SSSR count). The standard InChI is InChI=1S/C20H24FN3O3/c1-12(24-14(3)20(15(4)25)13(2)22-24)9-19(26)23-10-16(11-23)27-18-8-6-5-7-17(18)21/h5-8,12,16H,9-11H2,1-4H3. The molecule has 0 aliphatic carbocycles. The molecule has 2 heterocycles. The number of carbonyl (C=O) groups excluding carboxylic acids is 2. The minimum Gasteiger partial charge on any atom is -0.484 e. The third kappa shape index (κ3) is 3.86. The SMILES string of the molecule is CC(=O)c1c(C)nn(C(C)CC(=O)N2CC(Oc3ccccc3F)C2)c1C. The van der Waals surface area contributed by atoms with E-state index in [1.165, 1.54) is 13.0 Å². The highest BCUT2D eigenvalue weighted by molar-refractivity contribution is 5.96. The molecule has 1 unspecified atom stereocenters. The second-order valence-electron chi connectivity index (χ2n) is 7.07. The first kappa shape index (κ1) is 19.1. The van der Waals surface area contributed by atoms with Crippen LogP contribution >= 0.6 is 0 Å². The summed E-state index contributed by atoms with van der Waals surface area (Å²) < 4.78 is 21.0. The van der Waals surface area contributed by atoms with E-state index in [0.29, 0.717) is 24.3 Å². The molecule has 7 heteroatoms. The Morgan fingerprint density at radius 3 is 2.56 bits per heavy atom. The van der Waals surface area contributed by atoms with Crippen molar-refractivity contribution in [1.82, 2.24) is 14.7 Å². The Balaban J connectivity index is 1.55. The smallest absolute Gasteiger partial charge is 0.224 e. The molecule has 144 valence electrons. The molecule has 1 saturated heterocycles. The summed E-state index contributed by atoms with van der Waals surface area (Å²) in [6.07, 6.45) is 0.0882. The van der Waals surface area contributed by atoms with Crippen molar-refractivity contribution in [1.29, 1.82) is 0 Å². The number of amides is 1. The molecule has 1 aliphatic heterocycles. The molecule has 27 heavy (non-hydrogen) atoms. The van der Waals surface area contributed by atoms with Crippen LogP contribution in [0.1, 0.15) is 48.1 Å². The van der Waals surface area contributed by atoms with E-state index >= 15 is 0 Å². The summed E-state index contributed by atoms with van der Waals surface area (Å²) in [4.78, 5) is 25.9. The molecule has 1 atom stereocenters. The van der Waals surface area contributed by atoms with Crippen molar-refractivity contribution < 1.29 is 18.7 Å². The van der Waals surface area contributed by atoms with Gasteiger partial charge in [-0.05, 0) is 39.8 Å². The number of rotatable bonds is 6. The number of ether oxygens (including phenoxy) is 1. The van der Waals surface area contributed by atoms with Crippen molar-refractivity contribution in [2.24, 2.45) is 0 Å². The van der Waals surface area contributed by atoms with Crippen LogP contribution in [-0.2, 0) is 4.79 Å². The fourth-order valence-corrected chi connectivity index (χ4v) is 3.51. The summed E-state index contributed by atoms with van der Waals surface area (Å²) in [5, 5.41) is 4.43. The lowest BCUT2D eigenvalue weighted by Crippen LogP contribution is -2.56. The first-order valence-corrected chi connectivity index (χ1v) is 9.03. The number of ketones is 1. The molecule has 0 saturated carbocycles. The fraction of sp³-hybridized carbons (Fsp3) is 0.450. The van der Waals surface area contributed by atoms with Crippen LogP contribution in [0.25, 0.3) is 0 Å². The van der Waals surface area contributed by atoms with Gasteiger partial charge in [0.25, 0.3) is 0 Å². The molecule has 6 nitrogen and oxygen atoms in total. The lowest BCUT2D eigenvalue weighted by molar-refractivity contribution is -0.140. The van der Waals surface area contributed by atoms with Gasteiger partial charge in [-0.1, -0.05) is 12.1 Å². The molecule has 0 N–H and O–H groups in total. The molecular formula is C20H24FN3O3. The number of likely N-dealkylation sites (tertiary alicyclic amines) is 1. The molecule has 1 fully saturated rings. The van der Waals surface area contributed by atoms with Crippen molar-refractivity contribution >= 4 is 11.7 Å². The van der Waals surface area contributed by atoms with Gasteiger partial charge in [0.05, 0.1) is 30.4 Å². The molecule has 0 spiro atoms. The number of hydrogen-bond donors (Lipinski definition) is 0. The van der Waals surface area contributed by atoms with Crippen molar-refractivity contribution in [3.05, 3.63) is 47.0 Å². The van der Waals surface area contributed by atoms with Crippen LogP contribution in [-0.4, -0.2) is 45.6 Å². The summed E-state index contributed by atoms with van der Waals surface area (Å²) in [6, 6.07) is 6.10. The number of para-hydroxylation sites is 1. The number of Topliss-reactive ketones (excluding diaryl/α,β-unsaturated/α-hetero) is 1. The van der Waals surface area contributed by atoms with Gasteiger partial charge in [0.1, 0.15) is 6.10 Å². The van der Waals surface area contributed by atoms with E-state index in [0.717, 1.165) is 5.69 Å². The van der Waals surface area contributed by atoms with E-state index in [-0.39, 0.29) is 36.0 Å². The van der Waals surface area contributed by atoms with Crippen LogP contribution in [0, 0.1) is 19.7 Å². The van der Waals surface area contributed by atoms with E-state index in [4.69, 9.17) is 4.74 Å². The molecule has 0 bridgehead atoms. The lowest BCUT2D eigenvalue weighted by atomic mass is 10.1. The number of halogens is 1. The third-order valence-corrected chi connectivity index (χ3v) is 4.90. The van der Waals surface area contributed by atoms with Crippen molar-refractivity contribution in [3.63, 3.8) is 0 Å². The number of aromatic nitrogens is 2. The molecular weight excluding hydrogens is 349 g/mol. The predicted octanol–water partition coefficient (Wildman–Crippen LogP) is 3.08. The maximum absolute atomic E-state index is 13.6. The predicted molar refractivity (Wildman–Crippen MR) is 98.4 cm³/mol. The highest BCUT2D eigenvalue weighted by Crippen LogP contribution is 2.24. The minimum atomic E-state index is -0.401. The van der Waals surface area contributed by atoms with E-state index in [1.54, 1.807) is 34.7 Å². The first-order valence-electron chi connectivity index (χ1n) is 9.03. The van der Waals surface area contributed by atoms with Gasteiger partial charge >= 0.3 is 0 Å². The second kappa shape index (κ2) is 7.50. The number of benzene rings is 1. The molecule has 2 aromatic rings. The molecule has 1 aliphatic rings. The second-order valence-corrected chi connectivity index (χ2v) is 7.07. The van der Waals surface area contributed by atoms with Crippen LogP contribution in [0.15, 0.2) is 24.3 Å². The van der Waals surface area contributed by atoms with Gasteiger partial charge in [-0.3, -0.25) is 14.3 Å². The quantitative estimate of drug-likeness (QED) is 0.730. The Labute approximate surface area is 157 Å². The summed E-state index contributed by atoms with van der Waals surface area (Å²) in [5.74, 6) is -0.220. The van der Waals surface area contributed by atoms with Crippen LogP contribution in [0.5, 0.6) is 5.75 Å². The summed E-state index contributed by atoms with van der Waals surface area (Å²) in [5.41, 5.74) is 2.09. The highest BCUT2D eigenvalue weighted by Gasteiger charge is 2.33. The Bertz CT molecular complexity index is 871. The Hall–Kier alpha value is -2.70. The monoisotopic (exact) mass is 373 g/mol. The molecule has 1 amide bonds. The Morgan fingerprint density at radius 1 is 1.30 bits per heavy atom. The van der Waals surface area contributed by atoms with E-state index < -0.39 is 5.82 Å². The van der Waals surface area contributed by atoms with E-state index in [9.17, 15) is 14.0 Å². The molecule has 1 aromatic heterocycles. The van der Waals surface area contributed by atoms with Gasteiger partial charge in [-0.15, -0.1) is 0 Å². The van der Waals surface area contributed by atoms with Gasteiger partial charge < -0.3 is 9.64 Å². The maximum atomic E-state index is 13.6. The Morgan fingerprint density at radius 2 is 1.96 bits per heavy atom. The average Bonchev–Trinajstić information content (AvgIpc) is 2.86.